The molecule has 0 saturated heterocycles. The topological polar surface area (TPSA) is 51.2 Å². The number of nitrogens with one attached hydrogen (secondary N) is 1. The maximum atomic E-state index is 11.9. The van der Waals surface area contributed by atoms with Gasteiger partial charge in [0.05, 0.1) is 12.3 Å². The maximum Gasteiger partial charge on any atom is 0.343 e. The summed E-state index contributed by atoms with van der Waals surface area (Å²) in [4.78, 5) is 11.9. The summed E-state index contributed by atoms with van der Waals surface area (Å²) in [6, 6.07) is 0. The molecule has 5 heteroatoms. The van der Waals surface area contributed by atoms with Gasteiger partial charge in [-0.2, -0.15) is 4.37 Å². The summed E-state index contributed by atoms with van der Waals surface area (Å²) >= 11 is 1.32. The molecule has 19 heavy (non-hydrogen) atoms. The Bertz CT molecular complexity index is 435. The Hall–Kier alpha value is -1.10. The minimum atomic E-state index is -0.292. The van der Waals surface area contributed by atoms with Gasteiger partial charge < -0.3 is 10.1 Å². The molecule has 0 bridgehead atoms. The number of rotatable bonds is 5. The molecule has 1 atom stereocenters. The van der Waals surface area contributed by atoms with E-state index in [4.69, 9.17) is 4.74 Å². The number of esters is 1. The number of ether oxygens (including phenoxy) is 1. The monoisotopic (exact) mass is 284 g/mol. The molecule has 0 amide bonds. The second-order valence-electron chi connectivity index (χ2n) is 5.84. The van der Waals surface area contributed by atoms with Crippen LogP contribution in [0.15, 0.2) is 0 Å². The first-order valence-electron chi connectivity index (χ1n) is 6.64. The smallest absolute Gasteiger partial charge is 0.343 e. The SMILES string of the molecule is CCOC(=O)c1c(C)nsc1NCC(C)C(C)(C)C. The summed E-state index contributed by atoms with van der Waals surface area (Å²) < 4.78 is 9.31. The minimum Gasteiger partial charge on any atom is -0.462 e. The number of carbonyl (C=O) groups is 1. The molecule has 0 aliphatic carbocycles. The summed E-state index contributed by atoms with van der Waals surface area (Å²) in [5.41, 5.74) is 1.54. The van der Waals surface area contributed by atoms with Crippen LogP contribution in [-0.2, 0) is 4.74 Å². The van der Waals surface area contributed by atoms with Crippen molar-refractivity contribution in [2.75, 3.05) is 18.5 Å². The molecule has 1 aromatic rings. The second-order valence-corrected chi connectivity index (χ2v) is 6.61. The van der Waals surface area contributed by atoms with Gasteiger partial charge in [-0.3, -0.25) is 0 Å². The molecule has 0 fully saturated rings. The zero-order chi connectivity index (χ0) is 14.6. The van der Waals surface area contributed by atoms with Gasteiger partial charge in [-0.25, -0.2) is 4.79 Å². The van der Waals surface area contributed by atoms with E-state index < -0.39 is 0 Å². The number of hydrogen-bond acceptors (Lipinski definition) is 5. The third-order valence-electron chi connectivity index (χ3n) is 3.39. The molecule has 0 radical (unpaired) electrons. The normalized spacial score (nSPS) is 13.2. The fraction of sp³-hybridized carbons (Fsp3) is 0.714. The molecule has 4 nitrogen and oxygen atoms in total. The van der Waals surface area contributed by atoms with Crippen molar-refractivity contribution in [1.82, 2.24) is 4.37 Å². The number of aryl methyl sites for hydroxylation is 1. The van der Waals surface area contributed by atoms with Gasteiger partial charge in [0.2, 0.25) is 0 Å². The third kappa shape index (κ3) is 4.20. The Morgan fingerprint density at radius 3 is 2.63 bits per heavy atom. The number of nitrogens with zero attached hydrogens (tertiary/aromatic N) is 1. The van der Waals surface area contributed by atoms with Gasteiger partial charge in [0.25, 0.3) is 0 Å². The molecule has 0 saturated carbocycles. The van der Waals surface area contributed by atoms with Gasteiger partial charge >= 0.3 is 5.97 Å². The zero-order valence-electron chi connectivity index (χ0n) is 12.7. The Kier molecular flexibility index (Phi) is 5.35. The first kappa shape index (κ1) is 16.0. The minimum absolute atomic E-state index is 0.233. The van der Waals surface area contributed by atoms with Crippen LogP contribution in [0.5, 0.6) is 0 Å². The van der Waals surface area contributed by atoms with Gasteiger partial charge in [0, 0.05) is 6.54 Å². The fourth-order valence-electron chi connectivity index (χ4n) is 1.49. The van der Waals surface area contributed by atoms with Crippen molar-refractivity contribution in [3.05, 3.63) is 11.3 Å². The molecule has 1 N–H and O–H groups in total. The first-order chi connectivity index (χ1) is 8.77. The number of anilines is 1. The van der Waals surface area contributed by atoms with E-state index in [0.717, 1.165) is 17.2 Å². The van der Waals surface area contributed by atoms with Gasteiger partial charge in [-0.1, -0.05) is 27.7 Å². The maximum absolute atomic E-state index is 11.9. The average molecular weight is 284 g/mol. The molecule has 1 rings (SSSR count). The van der Waals surface area contributed by atoms with Gasteiger partial charge in [-0.05, 0) is 36.7 Å². The van der Waals surface area contributed by atoms with Gasteiger partial charge in [0.15, 0.2) is 0 Å². The highest BCUT2D eigenvalue weighted by atomic mass is 32.1. The van der Waals surface area contributed by atoms with Crippen molar-refractivity contribution < 1.29 is 9.53 Å². The van der Waals surface area contributed by atoms with E-state index in [2.05, 4.69) is 37.4 Å². The molecular weight excluding hydrogens is 260 g/mol. The first-order valence-corrected chi connectivity index (χ1v) is 7.42. The quantitative estimate of drug-likeness (QED) is 0.837. The molecule has 1 aromatic heterocycles. The highest BCUT2D eigenvalue weighted by molar-refractivity contribution is 7.10. The molecule has 1 unspecified atom stereocenters. The van der Waals surface area contributed by atoms with Crippen molar-refractivity contribution in [1.29, 1.82) is 0 Å². The van der Waals surface area contributed by atoms with Crippen molar-refractivity contribution in [2.24, 2.45) is 11.3 Å². The molecule has 1 heterocycles. The van der Waals surface area contributed by atoms with E-state index in [1.807, 2.05) is 13.8 Å². The number of hydrogen-bond donors (Lipinski definition) is 1. The van der Waals surface area contributed by atoms with Crippen LogP contribution in [0.25, 0.3) is 0 Å². The van der Waals surface area contributed by atoms with Gasteiger partial charge in [-0.15, -0.1) is 0 Å². The standard InChI is InChI=1S/C14H24N2O2S/c1-7-18-13(17)11-10(3)16-19-12(11)15-8-9(2)14(4,5)6/h9,15H,7-8H2,1-6H3. The van der Waals surface area contributed by atoms with E-state index in [0.29, 0.717) is 18.1 Å². The lowest BCUT2D eigenvalue weighted by molar-refractivity contribution is 0.0527. The van der Waals surface area contributed by atoms with Crippen LogP contribution in [0.3, 0.4) is 0 Å². The Morgan fingerprint density at radius 2 is 2.11 bits per heavy atom. The van der Waals surface area contributed by atoms with Crippen molar-refractivity contribution in [2.45, 2.75) is 41.5 Å². The summed E-state index contributed by atoms with van der Waals surface area (Å²) in [6.07, 6.45) is 0. The summed E-state index contributed by atoms with van der Waals surface area (Å²) in [5, 5.41) is 4.15. The summed E-state index contributed by atoms with van der Waals surface area (Å²) in [6.45, 7) is 13.7. The van der Waals surface area contributed by atoms with E-state index >= 15 is 0 Å². The van der Waals surface area contributed by atoms with E-state index in [1.165, 1.54) is 11.5 Å². The van der Waals surface area contributed by atoms with E-state index in [-0.39, 0.29) is 11.4 Å². The van der Waals surface area contributed by atoms with Crippen LogP contribution in [0.4, 0.5) is 5.00 Å². The molecule has 0 aromatic carbocycles. The molecule has 0 aliphatic rings. The van der Waals surface area contributed by atoms with E-state index in [9.17, 15) is 4.79 Å². The average Bonchev–Trinajstić information content (AvgIpc) is 2.66. The van der Waals surface area contributed by atoms with Crippen molar-refractivity contribution in [3.63, 3.8) is 0 Å². The Morgan fingerprint density at radius 1 is 1.47 bits per heavy atom. The lowest BCUT2D eigenvalue weighted by Gasteiger charge is -2.27. The largest absolute Gasteiger partial charge is 0.462 e. The van der Waals surface area contributed by atoms with Crippen molar-refractivity contribution in [3.8, 4) is 0 Å². The Balaban J connectivity index is 2.77. The highest BCUT2D eigenvalue weighted by Crippen LogP contribution is 2.29. The van der Waals surface area contributed by atoms with Crippen LogP contribution in [0, 0.1) is 18.3 Å². The molecular formula is C14H24N2O2S. The van der Waals surface area contributed by atoms with Crippen LogP contribution >= 0.6 is 11.5 Å². The lowest BCUT2D eigenvalue weighted by atomic mass is 9.82. The zero-order valence-corrected chi connectivity index (χ0v) is 13.5. The van der Waals surface area contributed by atoms with Crippen LogP contribution in [0.1, 0.15) is 50.7 Å². The highest BCUT2D eigenvalue weighted by Gasteiger charge is 2.23. The number of aromatic nitrogens is 1. The lowest BCUT2D eigenvalue weighted by Crippen LogP contribution is -2.25. The Labute approximate surface area is 119 Å². The predicted octanol–water partition coefficient (Wildman–Crippen LogP) is 3.72. The van der Waals surface area contributed by atoms with Crippen molar-refractivity contribution >= 4 is 22.5 Å². The van der Waals surface area contributed by atoms with E-state index in [1.54, 1.807) is 0 Å². The number of carbonyl (C=O) groups excluding carboxylic acids is 1. The van der Waals surface area contributed by atoms with Crippen LogP contribution in [-0.4, -0.2) is 23.5 Å². The molecule has 0 spiro atoms. The second kappa shape index (κ2) is 6.37. The summed E-state index contributed by atoms with van der Waals surface area (Å²) in [5.74, 6) is 0.199. The fourth-order valence-corrected chi connectivity index (χ4v) is 2.28. The molecule has 0 aliphatic heterocycles. The molecule has 108 valence electrons. The van der Waals surface area contributed by atoms with Gasteiger partial charge in [0.1, 0.15) is 10.6 Å². The summed E-state index contributed by atoms with van der Waals surface area (Å²) in [7, 11) is 0. The predicted molar refractivity (Wildman–Crippen MR) is 79.9 cm³/mol. The third-order valence-corrected chi connectivity index (χ3v) is 4.29. The van der Waals surface area contributed by atoms with Crippen LogP contribution in [0.2, 0.25) is 0 Å². The van der Waals surface area contributed by atoms with Crippen LogP contribution < -0.4 is 5.32 Å².